The molecule has 1 aliphatic rings. The number of nitrogens with zero attached hydrogens (tertiary/aromatic N) is 3. The smallest absolute Gasteiger partial charge is 0.255 e. The zero-order valence-electron chi connectivity index (χ0n) is 19.9. The minimum absolute atomic E-state index is 0.0332. The molecular weight excluding hydrogens is 456 g/mol. The molecule has 0 radical (unpaired) electrons. The molecule has 2 aromatic carbocycles. The Kier molecular flexibility index (Phi) is 6.81. The van der Waals surface area contributed by atoms with Crippen molar-refractivity contribution in [3.05, 3.63) is 84.8 Å². The summed E-state index contributed by atoms with van der Waals surface area (Å²) in [5.74, 6) is 2.25. The fraction of sp³-hybridized carbons (Fsp3) is 0.222. The van der Waals surface area contributed by atoms with E-state index in [2.05, 4.69) is 20.7 Å². The number of carbonyl (C=O) groups excluding carboxylic acids is 1. The summed E-state index contributed by atoms with van der Waals surface area (Å²) in [5, 5.41) is 10.6. The van der Waals surface area contributed by atoms with Crippen LogP contribution in [0.25, 0.3) is 11.1 Å². The molecule has 9 nitrogen and oxygen atoms in total. The highest BCUT2D eigenvalue weighted by Gasteiger charge is 2.27. The second kappa shape index (κ2) is 10.5. The van der Waals surface area contributed by atoms with E-state index in [1.807, 2.05) is 67.8 Å². The Morgan fingerprint density at radius 3 is 2.58 bits per heavy atom. The molecule has 0 spiro atoms. The molecule has 1 fully saturated rings. The third-order valence-corrected chi connectivity index (χ3v) is 6.01. The van der Waals surface area contributed by atoms with Crippen LogP contribution in [-0.2, 0) is 7.05 Å². The molecule has 184 valence electrons. The van der Waals surface area contributed by atoms with E-state index >= 15 is 0 Å². The van der Waals surface area contributed by atoms with Crippen LogP contribution in [0.2, 0.25) is 0 Å². The van der Waals surface area contributed by atoms with Gasteiger partial charge in [0, 0.05) is 49.2 Å². The zero-order valence-corrected chi connectivity index (χ0v) is 19.9. The second-order valence-electron chi connectivity index (χ2n) is 8.77. The van der Waals surface area contributed by atoms with Crippen molar-refractivity contribution < 1.29 is 14.3 Å². The summed E-state index contributed by atoms with van der Waals surface area (Å²) in [5.41, 5.74) is 8.02. The highest BCUT2D eigenvalue weighted by Crippen LogP contribution is 2.24. The van der Waals surface area contributed by atoms with Gasteiger partial charge in [0.15, 0.2) is 0 Å². The fourth-order valence-electron chi connectivity index (χ4n) is 4.13. The summed E-state index contributed by atoms with van der Waals surface area (Å²) in [7, 11) is 1.84. The number of aromatic nitrogens is 3. The number of ether oxygens (including phenoxy) is 2. The lowest BCUT2D eigenvalue weighted by atomic mass is 10.1. The first-order chi connectivity index (χ1) is 17.5. The van der Waals surface area contributed by atoms with Gasteiger partial charge in [-0.1, -0.05) is 18.2 Å². The van der Waals surface area contributed by atoms with Gasteiger partial charge in [0.25, 0.3) is 5.91 Å². The number of hydrogen-bond donors (Lipinski definition) is 3. The lowest BCUT2D eigenvalue weighted by Gasteiger charge is -2.14. The number of aryl methyl sites for hydroxylation is 1. The van der Waals surface area contributed by atoms with E-state index < -0.39 is 0 Å². The number of benzene rings is 2. The van der Waals surface area contributed by atoms with Gasteiger partial charge in [-0.3, -0.25) is 9.48 Å². The van der Waals surface area contributed by atoms with Gasteiger partial charge in [-0.25, -0.2) is 4.98 Å². The Morgan fingerprint density at radius 1 is 1.08 bits per heavy atom. The summed E-state index contributed by atoms with van der Waals surface area (Å²) in [4.78, 5) is 17.1. The third kappa shape index (κ3) is 5.64. The van der Waals surface area contributed by atoms with Crippen LogP contribution in [0.1, 0.15) is 16.8 Å². The molecule has 0 unspecified atom stereocenters. The van der Waals surface area contributed by atoms with E-state index in [1.54, 1.807) is 23.1 Å². The molecule has 1 amide bonds. The number of anilines is 1. The number of amides is 1. The lowest BCUT2D eigenvalue weighted by Crippen LogP contribution is -2.36. The van der Waals surface area contributed by atoms with Gasteiger partial charge in [0.2, 0.25) is 0 Å². The van der Waals surface area contributed by atoms with Crippen molar-refractivity contribution in [2.45, 2.75) is 18.5 Å². The standard InChI is InChI=1S/C27H28N6O3/c1-33-16-19(14-31-33)18-11-25(26(28)30-13-18)27(34)32-20-12-21(29-15-20)17-35-22-7-9-24(10-8-22)36-23-5-3-2-4-6-23/h2-11,13-14,16,20-21,29H,12,15,17H2,1H3,(H2,28,30)(H,32,34)/t20-,21-/m0/s1. The van der Waals surface area contributed by atoms with Gasteiger partial charge >= 0.3 is 0 Å². The summed E-state index contributed by atoms with van der Waals surface area (Å²) in [6.45, 7) is 1.14. The Morgan fingerprint density at radius 2 is 1.83 bits per heavy atom. The number of para-hydroxylation sites is 1. The zero-order chi connectivity index (χ0) is 24.9. The highest BCUT2D eigenvalue weighted by atomic mass is 16.5. The molecule has 4 N–H and O–H groups in total. The van der Waals surface area contributed by atoms with Gasteiger partial charge < -0.3 is 25.8 Å². The molecule has 2 atom stereocenters. The number of hydrogen-bond acceptors (Lipinski definition) is 7. The van der Waals surface area contributed by atoms with Gasteiger partial charge in [-0.2, -0.15) is 5.10 Å². The maximum Gasteiger partial charge on any atom is 0.255 e. The van der Waals surface area contributed by atoms with Crippen LogP contribution >= 0.6 is 0 Å². The van der Waals surface area contributed by atoms with E-state index in [0.717, 1.165) is 34.8 Å². The summed E-state index contributed by atoms with van der Waals surface area (Å²) in [6.07, 6.45) is 5.99. The molecule has 4 aromatic rings. The number of nitrogens with two attached hydrogens (primary N) is 1. The van der Waals surface area contributed by atoms with Crippen molar-refractivity contribution in [1.29, 1.82) is 0 Å². The van der Waals surface area contributed by atoms with Crippen molar-refractivity contribution in [3.63, 3.8) is 0 Å². The number of rotatable bonds is 8. The van der Waals surface area contributed by atoms with Gasteiger partial charge in [-0.15, -0.1) is 0 Å². The number of nitrogen functional groups attached to an aromatic ring is 1. The second-order valence-corrected chi connectivity index (χ2v) is 8.77. The van der Waals surface area contributed by atoms with Crippen LogP contribution in [0.5, 0.6) is 17.2 Å². The van der Waals surface area contributed by atoms with Crippen molar-refractivity contribution in [3.8, 4) is 28.4 Å². The van der Waals surface area contributed by atoms with E-state index in [4.69, 9.17) is 15.2 Å². The van der Waals surface area contributed by atoms with Crippen molar-refractivity contribution >= 4 is 11.7 Å². The Bertz CT molecular complexity index is 1320. The van der Waals surface area contributed by atoms with E-state index in [1.165, 1.54) is 0 Å². The fourth-order valence-corrected chi connectivity index (χ4v) is 4.13. The first-order valence-electron chi connectivity index (χ1n) is 11.8. The molecule has 3 heterocycles. The normalized spacial score (nSPS) is 17.0. The maximum absolute atomic E-state index is 12.9. The predicted octanol–water partition coefficient (Wildman–Crippen LogP) is 3.40. The van der Waals surface area contributed by atoms with Crippen LogP contribution in [0.4, 0.5) is 5.82 Å². The van der Waals surface area contributed by atoms with E-state index in [-0.39, 0.29) is 23.8 Å². The maximum atomic E-state index is 12.9. The van der Waals surface area contributed by atoms with Crippen molar-refractivity contribution in [2.75, 3.05) is 18.9 Å². The summed E-state index contributed by atoms with van der Waals surface area (Å²) in [6, 6.07) is 19.0. The van der Waals surface area contributed by atoms with E-state index in [9.17, 15) is 4.79 Å². The molecule has 2 aromatic heterocycles. The minimum Gasteiger partial charge on any atom is -0.492 e. The SMILES string of the molecule is Cn1cc(-c2cnc(N)c(C(=O)N[C@@H]3CN[C@H](COc4ccc(Oc5ccccc5)cc4)C3)c2)cn1. The summed E-state index contributed by atoms with van der Waals surface area (Å²) < 4.78 is 13.5. The van der Waals surface area contributed by atoms with Crippen molar-refractivity contribution in [2.24, 2.45) is 7.05 Å². The molecule has 0 bridgehead atoms. The lowest BCUT2D eigenvalue weighted by molar-refractivity contribution is 0.0940. The Balaban J connectivity index is 1.12. The predicted molar refractivity (Wildman–Crippen MR) is 137 cm³/mol. The highest BCUT2D eigenvalue weighted by molar-refractivity contribution is 5.99. The Labute approximate surface area is 209 Å². The largest absolute Gasteiger partial charge is 0.492 e. The molecule has 36 heavy (non-hydrogen) atoms. The van der Waals surface area contributed by atoms with E-state index in [0.29, 0.717) is 18.7 Å². The molecular formula is C27H28N6O3. The molecule has 0 aliphatic carbocycles. The minimum atomic E-state index is -0.242. The quantitative estimate of drug-likeness (QED) is 0.351. The van der Waals surface area contributed by atoms with Gasteiger partial charge in [0.1, 0.15) is 29.7 Å². The van der Waals surface area contributed by atoms with Crippen molar-refractivity contribution in [1.82, 2.24) is 25.4 Å². The van der Waals surface area contributed by atoms with Gasteiger partial charge in [0.05, 0.1) is 11.8 Å². The number of pyridine rings is 1. The monoisotopic (exact) mass is 484 g/mol. The molecule has 1 aliphatic heterocycles. The van der Waals surface area contributed by atoms with Crippen LogP contribution in [0.15, 0.2) is 79.3 Å². The van der Waals surface area contributed by atoms with Crippen LogP contribution in [0.3, 0.4) is 0 Å². The topological polar surface area (TPSA) is 116 Å². The average Bonchev–Trinajstić information content (AvgIpc) is 3.53. The molecule has 5 rings (SSSR count). The van der Waals surface area contributed by atoms with Crippen LogP contribution in [0, 0.1) is 0 Å². The average molecular weight is 485 g/mol. The molecule has 1 saturated heterocycles. The summed E-state index contributed by atoms with van der Waals surface area (Å²) >= 11 is 0. The van der Waals surface area contributed by atoms with Gasteiger partial charge in [-0.05, 0) is 48.9 Å². The molecule has 9 heteroatoms. The number of nitrogens with one attached hydrogen (secondary N) is 2. The van der Waals surface area contributed by atoms with Crippen LogP contribution < -0.4 is 25.8 Å². The third-order valence-electron chi connectivity index (χ3n) is 6.01. The number of carbonyl (C=O) groups is 1. The molecule has 0 saturated carbocycles. The Hall–Kier alpha value is -4.37. The first-order valence-corrected chi connectivity index (χ1v) is 11.8. The first kappa shape index (κ1) is 23.4. The van der Waals surface area contributed by atoms with Crippen LogP contribution in [-0.4, -0.2) is 45.9 Å².